The maximum absolute atomic E-state index is 5.95. The lowest BCUT2D eigenvalue weighted by molar-refractivity contribution is 0.0636. The Labute approximate surface area is 103 Å². The fourth-order valence-corrected chi connectivity index (χ4v) is 1.49. The molecule has 1 heterocycles. The summed E-state index contributed by atoms with van der Waals surface area (Å²) in [6, 6.07) is 4.13. The van der Waals surface area contributed by atoms with Crippen LogP contribution in [0.2, 0.25) is 0 Å². The van der Waals surface area contributed by atoms with Gasteiger partial charge in [-0.05, 0) is 18.1 Å². The molecule has 0 aliphatic carbocycles. The van der Waals surface area contributed by atoms with Crippen molar-refractivity contribution in [3.05, 3.63) is 29.6 Å². The SMILES string of the molecule is CCc1ccc(CC(N)COCCOC)nc1. The molecule has 0 amide bonds. The van der Waals surface area contributed by atoms with Crippen LogP contribution in [0.4, 0.5) is 0 Å². The van der Waals surface area contributed by atoms with Gasteiger partial charge in [-0.1, -0.05) is 13.0 Å². The largest absolute Gasteiger partial charge is 0.382 e. The zero-order valence-electron chi connectivity index (χ0n) is 10.7. The van der Waals surface area contributed by atoms with Gasteiger partial charge >= 0.3 is 0 Å². The number of methoxy groups -OCH3 is 1. The molecule has 0 radical (unpaired) electrons. The van der Waals surface area contributed by atoms with Crippen LogP contribution in [0.5, 0.6) is 0 Å². The van der Waals surface area contributed by atoms with E-state index < -0.39 is 0 Å². The molecule has 1 aromatic heterocycles. The zero-order valence-corrected chi connectivity index (χ0v) is 10.7. The Morgan fingerprint density at radius 1 is 1.35 bits per heavy atom. The number of ether oxygens (including phenoxy) is 2. The van der Waals surface area contributed by atoms with Crippen molar-refractivity contribution in [3.63, 3.8) is 0 Å². The van der Waals surface area contributed by atoms with Gasteiger partial charge in [-0.25, -0.2) is 0 Å². The van der Waals surface area contributed by atoms with E-state index in [0.29, 0.717) is 19.8 Å². The number of pyridine rings is 1. The molecule has 17 heavy (non-hydrogen) atoms. The third kappa shape index (κ3) is 5.77. The molecule has 0 fully saturated rings. The van der Waals surface area contributed by atoms with Crippen molar-refractivity contribution in [1.29, 1.82) is 0 Å². The van der Waals surface area contributed by atoms with Gasteiger partial charge in [0.25, 0.3) is 0 Å². The quantitative estimate of drug-likeness (QED) is 0.691. The van der Waals surface area contributed by atoms with Gasteiger partial charge in [0.2, 0.25) is 0 Å². The molecule has 4 heteroatoms. The van der Waals surface area contributed by atoms with Crippen molar-refractivity contribution >= 4 is 0 Å². The Kier molecular flexibility index (Phi) is 6.77. The van der Waals surface area contributed by atoms with Crippen molar-refractivity contribution < 1.29 is 9.47 Å². The summed E-state index contributed by atoms with van der Waals surface area (Å²) in [5, 5.41) is 0. The van der Waals surface area contributed by atoms with Crippen molar-refractivity contribution in [3.8, 4) is 0 Å². The standard InChI is InChI=1S/C13H22N2O2/c1-3-11-4-5-13(15-9-11)8-12(14)10-17-7-6-16-2/h4-5,9,12H,3,6-8,10,14H2,1-2H3. The Balaban J connectivity index is 2.26. The molecule has 1 rings (SSSR count). The van der Waals surface area contributed by atoms with Crippen molar-refractivity contribution in [2.75, 3.05) is 26.9 Å². The Morgan fingerprint density at radius 3 is 2.76 bits per heavy atom. The summed E-state index contributed by atoms with van der Waals surface area (Å²) in [4.78, 5) is 4.37. The van der Waals surface area contributed by atoms with E-state index in [1.165, 1.54) is 5.56 Å². The third-order valence-corrected chi connectivity index (χ3v) is 2.53. The molecule has 96 valence electrons. The highest BCUT2D eigenvalue weighted by atomic mass is 16.5. The molecular formula is C13H22N2O2. The number of aromatic nitrogens is 1. The maximum Gasteiger partial charge on any atom is 0.0701 e. The van der Waals surface area contributed by atoms with Crippen LogP contribution in [0.25, 0.3) is 0 Å². The van der Waals surface area contributed by atoms with Crippen molar-refractivity contribution in [1.82, 2.24) is 4.98 Å². The highest BCUT2D eigenvalue weighted by Crippen LogP contribution is 2.03. The average Bonchev–Trinajstić information content (AvgIpc) is 2.36. The molecule has 0 bridgehead atoms. The van der Waals surface area contributed by atoms with Crippen LogP contribution in [0.1, 0.15) is 18.2 Å². The van der Waals surface area contributed by atoms with E-state index in [2.05, 4.69) is 18.0 Å². The summed E-state index contributed by atoms with van der Waals surface area (Å²) in [6.45, 7) is 3.86. The second-order valence-electron chi connectivity index (χ2n) is 4.04. The van der Waals surface area contributed by atoms with Gasteiger partial charge in [0, 0.05) is 31.5 Å². The van der Waals surface area contributed by atoms with Crippen molar-refractivity contribution in [2.45, 2.75) is 25.8 Å². The van der Waals surface area contributed by atoms with Crippen LogP contribution in [-0.2, 0) is 22.3 Å². The van der Waals surface area contributed by atoms with E-state index in [-0.39, 0.29) is 6.04 Å². The molecule has 0 saturated heterocycles. The average molecular weight is 238 g/mol. The van der Waals surface area contributed by atoms with Crippen molar-refractivity contribution in [2.24, 2.45) is 5.73 Å². The van der Waals surface area contributed by atoms with E-state index in [0.717, 1.165) is 18.5 Å². The Bertz CT molecular complexity index is 301. The van der Waals surface area contributed by atoms with Crippen LogP contribution >= 0.6 is 0 Å². The summed E-state index contributed by atoms with van der Waals surface area (Å²) < 4.78 is 10.3. The predicted octanol–water partition coefficient (Wildman–Crippen LogP) is 1.18. The lowest BCUT2D eigenvalue weighted by atomic mass is 10.1. The highest BCUT2D eigenvalue weighted by Gasteiger charge is 2.05. The molecular weight excluding hydrogens is 216 g/mol. The second-order valence-corrected chi connectivity index (χ2v) is 4.04. The number of nitrogens with two attached hydrogens (primary N) is 1. The molecule has 1 atom stereocenters. The van der Waals surface area contributed by atoms with Gasteiger partial charge < -0.3 is 15.2 Å². The minimum absolute atomic E-state index is 0.00756. The Hall–Kier alpha value is -0.970. The van der Waals surface area contributed by atoms with Gasteiger partial charge in [0.05, 0.1) is 19.8 Å². The van der Waals surface area contributed by atoms with E-state index in [9.17, 15) is 0 Å². The monoisotopic (exact) mass is 238 g/mol. The van der Waals surface area contributed by atoms with Gasteiger partial charge in [-0.2, -0.15) is 0 Å². The zero-order chi connectivity index (χ0) is 12.5. The topological polar surface area (TPSA) is 57.4 Å². The number of hydrogen-bond donors (Lipinski definition) is 1. The van der Waals surface area contributed by atoms with E-state index in [1.807, 2.05) is 12.3 Å². The molecule has 1 unspecified atom stereocenters. The smallest absolute Gasteiger partial charge is 0.0701 e. The first-order valence-corrected chi connectivity index (χ1v) is 6.02. The lowest BCUT2D eigenvalue weighted by Crippen LogP contribution is -2.29. The molecule has 0 spiro atoms. The van der Waals surface area contributed by atoms with Crippen LogP contribution in [0.15, 0.2) is 18.3 Å². The van der Waals surface area contributed by atoms with Crippen LogP contribution < -0.4 is 5.73 Å². The first kappa shape index (κ1) is 14.1. The fraction of sp³-hybridized carbons (Fsp3) is 0.615. The van der Waals surface area contributed by atoms with Crippen LogP contribution in [0.3, 0.4) is 0 Å². The number of nitrogens with zero attached hydrogens (tertiary/aromatic N) is 1. The van der Waals surface area contributed by atoms with Crippen LogP contribution in [-0.4, -0.2) is 38.0 Å². The lowest BCUT2D eigenvalue weighted by Gasteiger charge is -2.11. The van der Waals surface area contributed by atoms with Gasteiger partial charge in [0.15, 0.2) is 0 Å². The third-order valence-electron chi connectivity index (χ3n) is 2.53. The Morgan fingerprint density at radius 2 is 2.18 bits per heavy atom. The maximum atomic E-state index is 5.95. The summed E-state index contributed by atoms with van der Waals surface area (Å²) >= 11 is 0. The van der Waals surface area contributed by atoms with Gasteiger partial charge in [-0.3, -0.25) is 4.98 Å². The second kappa shape index (κ2) is 8.17. The first-order chi connectivity index (χ1) is 8.26. The number of aryl methyl sites for hydroxylation is 1. The summed E-state index contributed by atoms with van der Waals surface area (Å²) in [6.07, 6.45) is 3.67. The molecule has 2 N–H and O–H groups in total. The molecule has 0 aromatic carbocycles. The summed E-state index contributed by atoms with van der Waals surface area (Å²) in [5.41, 5.74) is 8.22. The minimum Gasteiger partial charge on any atom is -0.382 e. The molecule has 0 aliphatic rings. The number of rotatable bonds is 8. The van der Waals surface area contributed by atoms with E-state index in [4.69, 9.17) is 15.2 Å². The number of hydrogen-bond acceptors (Lipinski definition) is 4. The van der Waals surface area contributed by atoms with Gasteiger partial charge in [0.1, 0.15) is 0 Å². The minimum atomic E-state index is -0.00756. The van der Waals surface area contributed by atoms with Gasteiger partial charge in [-0.15, -0.1) is 0 Å². The van der Waals surface area contributed by atoms with Crippen LogP contribution in [0, 0.1) is 0 Å². The normalized spacial score (nSPS) is 12.6. The first-order valence-electron chi connectivity index (χ1n) is 6.02. The predicted molar refractivity (Wildman–Crippen MR) is 68.0 cm³/mol. The molecule has 0 saturated carbocycles. The van der Waals surface area contributed by atoms with E-state index >= 15 is 0 Å². The molecule has 1 aromatic rings. The van der Waals surface area contributed by atoms with E-state index in [1.54, 1.807) is 7.11 Å². The molecule has 4 nitrogen and oxygen atoms in total. The molecule has 0 aliphatic heterocycles. The fourth-order valence-electron chi connectivity index (χ4n) is 1.49. The summed E-state index contributed by atoms with van der Waals surface area (Å²) in [7, 11) is 1.66. The summed E-state index contributed by atoms with van der Waals surface area (Å²) in [5.74, 6) is 0. The highest BCUT2D eigenvalue weighted by molar-refractivity contribution is 5.14.